The first-order valence-electron chi connectivity index (χ1n) is 23.9. The Morgan fingerprint density at radius 3 is 1.13 bits per heavy atom. The monoisotopic (exact) mass is 894 g/mol. The Bertz CT molecular complexity index is 3570. The fourth-order valence-electron chi connectivity index (χ4n) is 12.8. The van der Waals surface area contributed by atoms with Crippen LogP contribution >= 0.6 is 0 Å². The molecule has 0 saturated carbocycles. The highest BCUT2D eigenvalue weighted by atomic mass is 28.4. The Morgan fingerprint density at radius 2 is 0.701 bits per heavy atom. The Labute approximate surface area is 396 Å². The van der Waals surface area contributed by atoms with Gasteiger partial charge in [-0.15, -0.1) is 0 Å². The van der Waals surface area contributed by atoms with E-state index in [0.717, 1.165) is 22.3 Å². The van der Waals surface area contributed by atoms with E-state index in [-0.39, 0.29) is 16.8 Å². The molecule has 0 N–H and O–H groups in total. The Balaban J connectivity index is 1.18. The van der Waals surface area contributed by atoms with Gasteiger partial charge in [-0.3, -0.25) is 0 Å². The van der Waals surface area contributed by atoms with Crippen LogP contribution in [-0.2, 0) is 0 Å². The number of benzene rings is 10. The highest BCUT2D eigenvalue weighted by molar-refractivity contribution is 7.04. The number of fused-ring (bicyclic) bond motifs is 3. The van der Waals surface area contributed by atoms with Gasteiger partial charge in [0, 0.05) is 10.8 Å². The molecule has 0 bridgehead atoms. The van der Waals surface area contributed by atoms with Gasteiger partial charge in [-0.05, 0) is 104 Å². The van der Waals surface area contributed by atoms with Crippen molar-refractivity contribution in [3.05, 3.63) is 200 Å². The lowest BCUT2D eigenvalue weighted by Gasteiger charge is -2.44. The molecule has 10 aromatic rings. The van der Waals surface area contributed by atoms with Crippen LogP contribution in [0.15, 0.2) is 200 Å². The van der Waals surface area contributed by atoms with Gasteiger partial charge < -0.3 is 8.85 Å². The molecule has 322 valence electrons. The minimum absolute atomic E-state index is 0.0391. The highest BCUT2D eigenvalue weighted by Crippen LogP contribution is 2.50. The molecular formula is C62H51BO2Si2. The van der Waals surface area contributed by atoms with Gasteiger partial charge >= 0.3 is 16.6 Å². The summed E-state index contributed by atoms with van der Waals surface area (Å²) < 4.78 is 16.3. The van der Waals surface area contributed by atoms with Crippen molar-refractivity contribution >= 4 is 92.8 Å². The second-order valence-electron chi connectivity index (χ2n) is 21.0. The Morgan fingerprint density at radius 1 is 0.328 bits per heavy atom. The van der Waals surface area contributed by atoms with Crippen LogP contribution in [0, 0.1) is 0 Å². The zero-order valence-electron chi connectivity index (χ0n) is 38.9. The third-order valence-corrected chi connectivity index (χ3v) is 25.4. The van der Waals surface area contributed by atoms with Crippen LogP contribution in [-0.4, -0.2) is 23.3 Å². The van der Waals surface area contributed by atoms with Crippen LogP contribution in [0.25, 0.3) is 65.7 Å². The van der Waals surface area contributed by atoms with Crippen molar-refractivity contribution in [2.75, 3.05) is 0 Å². The molecule has 0 amide bonds. The lowest BCUT2D eigenvalue weighted by Crippen LogP contribution is -2.69. The fraction of sp³-hybridized carbons (Fsp3) is 0.129. The average Bonchev–Trinajstić information content (AvgIpc) is 3.35. The van der Waals surface area contributed by atoms with E-state index in [4.69, 9.17) is 8.85 Å². The van der Waals surface area contributed by atoms with Gasteiger partial charge in [-0.25, -0.2) is 0 Å². The van der Waals surface area contributed by atoms with E-state index in [1.807, 2.05) is 0 Å². The molecule has 0 radical (unpaired) electrons. The predicted molar refractivity (Wildman–Crippen MR) is 290 cm³/mol. The topological polar surface area (TPSA) is 18.5 Å². The molecule has 0 saturated heterocycles. The summed E-state index contributed by atoms with van der Waals surface area (Å²) in [5.41, 5.74) is 12.1. The van der Waals surface area contributed by atoms with Crippen LogP contribution in [0.2, 0.25) is 10.1 Å². The molecule has 10 aromatic carbocycles. The summed E-state index contributed by atoms with van der Waals surface area (Å²) in [5.74, 6) is 1.85. The van der Waals surface area contributed by atoms with E-state index in [9.17, 15) is 0 Å². The predicted octanol–water partition coefficient (Wildman–Crippen LogP) is 11.5. The van der Waals surface area contributed by atoms with E-state index < -0.39 is 16.6 Å². The summed E-state index contributed by atoms with van der Waals surface area (Å²) in [4.78, 5) is 0. The van der Waals surface area contributed by atoms with Crippen molar-refractivity contribution in [2.45, 2.75) is 51.6 Å². The van der Waals surface area contributed by atoms with Crippen molar-refractivity contribution in [3.8, 4) is 44.9 Å². The van der Waals surface area contributed by atoms with Gasteiger partial charge in [0.15, 0.2) is 0 Å². The highest BCUT2D eigenvalue weighted by Gasteiger charge is 2.54. The van der Waals surface area contributed by atoms with Gasteiger partial charge in [0.05, 0.1) is 0 Å². The third kappa shape index (κ3) is 5.44. The molecule has 67 heavy (non-hydrogen) atoms. The van der Waals surface area contributed by atoms with E-state index in [2.05, 4.69) is 242 Å². The quantitative estimate of drug-likeness (QED) is 0.112. The minimum atomic E-state index is -3.06. The second kappa shape index (κ2) is 14.3. The zero-order chi connectivity index (χ0) is 45.5. The van der Waals surface area contributed by atoms with Crippen molar-refractivity contribution in [1.82, 2.24) is 0 Å². The van der Waals surface area contributed by atoms with Gasteiger partial charge in [-0.1, -0.05) is 240 Å². The number of rotatable bonds is 8. The van der Waals surface area contributed by atoms with Crippen LogP contribution < -0.4 is 46.0 Å². The molecule has 0 spiro atoms. The summed E-state index contributed by atoms with van der Waals surface area (Å²) in [6.45, 7) is 14.3. The molecule has 13 rings (SSSR count). The Hall–Kier alpha value is -6.92. The first-order valence-corrected chi connectivity index (χ1v) is 27.7. The number of hydrogen-bond acceptors (Lipinski definition) is 2. The molecule has 0 aliphatic carbocycles. The van der Waals surface area contributed by atoms with Crippen LogP contribution in [0.3, 0.4) is 0 Å². The van der Waals surface area contributed by atoms with Gasteiger partial charge in [0.25, 0.3) is 0 Å². The van der Waals surface area contributed by atoms with E-state index in [1.165, 1.54) is 92.1 Å². The normalized spacial score (nSPS) is 13.5. The maximum absolute atomic E-state index is 8.14. The second-order valence-corrected chi connectivity index (χ2v) is 29.5. The van der Waals surface area contributed by atoms with Gasteiger partial charge in [0.2, 0.25) is 6.71 Å². The molecule has 0 atom stereocenters. The first-order chi connectivity index (χ1) is 32.5. The summed E-state index contributed by atoms with van der Waals surface area (Å²) in [6, 6.07) is 74.7. The summed E-state index contributed by atoms with van der Waals surface area (Å²) >= 11 is 0. The van der Waals surface area contributed by atoms with E-state index >= 15 is 0 Å². The minimum Gasteiger partial charge on any atom is -0.534 e. The van der Waals surface area contributed by atoms with Gasteiger partial charge in [0.1, 0.15) is 11.5 Å². The van der Waals surface area contributed by atoms with Crippen molar-refractivity contribution in [3.63, 3.8) is 0 Å². The lowest BCUT2D eigenvalue weighted by molar-refractivity contribution is 0.512. The largest absolute Gasteiger partial charge is 0.534 e. The van der Waals surface area contributed by atoms with E-state index in [0.29, 0.717) is 0 Å². The molecule has 3 aliphatic rings. The first kappa shape index (κ1) is 40.4. The van der Waals surface area contributed by atoms with Crippen molar-refractivity contribution in [2.24, 2.45) is 0 Å². The van der Waals surface area contributed by atoms with Crippen molar-refractivity contribution < 1.29 is 8.85 Å². The molecule has 3 heterocycles. The maximum atomic E-state index is 8.14. The molecule has 0 fully saturated rings. The maximum Gasteiger partial charge on any atom is 0.319 e. The van der Waals surface area contributed by atoms with Gasteiger partial charge in [-0.2, -0.15) is 0 Å². The molecule has 0 aromatic heterocycles. The average molecular weight is 895 g/mol. The zero-order valence-corrected chi connectivity index (χ0v) is 40.9. The summed E-state index contributed by atoms with van der Waals surface area (Å²) in [7, 11) is -6.13. The SMILES string of the molecule is CC(C)(C)[Si](Oc1ccc2c3c4c5c(ccc(O[Si](c6ccccc6)(c6ccccc6)C(C)(C)C)c5cc13)-c1ccc3cccc5c3c1B4c1c-5cccc1-2)(c1ccccc1)c1ccccc1. The molecule has 0 unspecified atom stereocenters. The standard InChI is InChI=1S/C62H51BO2Si2/c1-61(2,3)66(41-22-11-7-12-23-41,42-24-13-8-14-25-42)64-53-37-35-46-49-32-20-31-48-45-30-19-21-40-33-34-50-47-36-38-54(52-39-51(53)56(46)60(57(47)52)63(58(48)49)59(50)55(40)45)65-67(62(4,5)6,43-26-15-9-16-27-43)44-28-17-10-18-29-44/h7-39H,1-6H3. The fourth-order valence-corrected chi connectivity index (χ4v) is 21.7. The molecule has 2 nitrogen and oxygen atoms in total. The molecular weight excluding hydrogens is 844 g/mol. The summed E-state index contributed by atoms with van der Waals surface area (Å²) in [6.07, 6.45) is 0. The van der Waals surface area contributed by atoms with Crippen LogP contribution in [0.5, 0.6) is 11.5 Å². The third-order valence-electron chi connectivity index (χ3n) is 15.5. The summed E-state index contributed by atoms with van der Waals surface area (Å²) in [5, 5.41) is 12.1. The molecule has 3 aliphatic heterocycles. The van der Waals surface area contributed by atoms with E-state index in [1.54, 1.807) is 0 Å². The Kier molecular flexibility index (Phi) is 8.61. The van der Waals surface area contributed by atoms with Crippen molar-refractivity contribution in [1.29, 1.82) is 0 Å². The number of hydrogen-bond donors (Lipinski definition) is 0. The smallest absolute Gasteiger partial charge is 0.319 e. The van der Waals surface area contributed by atoms with Crippen LogP contribution in [0.4, 0.5) is 0 Å². The molecule has 5 heteroatoms. The van der Waals surface area contributed by atoms with Crippen LogP contribution in [0.1, 0.15) is 41.5 Å². The lowest BCUT2D eigenvalue weighted by atomic mass is 9.28.